The molecule has 1 aromatic rings. The van der Waals surface area contributed by atoms with Crippen LogP contribution in [-0.2, 0) is 17.1 Å². The van der Waals surface area contributed by atoms with E-state index in [1.54, 1.807) is 26.4 Å². The Morgan fingerprint density at radius 1 is 1.57 bits per heavy atom. The lowest BCUT2D eigenvalue weighted by Gasteiger charge is -2.03. The summed E-state index contributed by atoms with van der Waals surface area (Å²) in [6.45, 7) is 0.419. The van der Waals surface area contributed by atoms with Gasteiger partial charge < -0.3 is 5.32 Å². The summed E-state index contributed by atoms with van der Waals surface area (Å²) in [5.41, 5.74) is 0. The summed E-state index contributed by atoms with van der Waals surface area (Å²) in [4.78, 5) is 0. The van der Waals surface area contributed by atoms with Crippen LogP contribution in [0, 0.1) is 0 Å². The molecule has 0 radical (unpaired) electrons. The van der Waals surface area contributed by atoms with Crippen LogP contribution in [0.2, 0.25) is 0 Å². The van der Waals surface area contributed by atoms with Crippen LogP contribution in [0.1, 0.15) is 0 Å². The number of aromatic nitrogens is 2. The molecule has 0 aliphatic carbocycles. The van der Waals surface area contributed by atoms with Gasteiger partial charge in [-0.3, -0.25) is 9.40 Å². The normalized spacial score (nSPS) is 11.6. The van der Waals surface area contributed by atoms with Gasteiger partial charge in [0.1, 0.15) is 0 Å². The number of sulfonamides is 1. The van der Waals surface area contributed by atoms with Crippen LogP contribution in [0.5, 0.6) is 0 Å². The summed E-state index contributed by atoms with van der Waals surface area (Å²) in [5, 5.41) is 6.68. The van der Waals surface area contributed by atoms with Crippen LogP contribution < -0.4 is 10.0 Å². The fourth-order valence-electron chi connectivity index (χ4n) is 0.916. The second-order valence-corrected chi connectivity index (χ2v) is 4.74. The van der Waals surface area contributed by atoms with E-state index < -0.39 is 10.0 Å². The average Bonchev–Trinajstić information content (AvgIpc) is 2.47. The molecular weight excluding hydrogens is 204 g/mol. The molecule has 0 spiro atoms. The lowest BCUT2D eigenvalue weighted by molar-refractivity contribution is 0.598. The van der Waals surface area contributed by atoms with Crippen molar-refractivity contribution in [3.05, 3.63) is 12.3 Å². The van der Waals surface area contributed by atoms with Crippen molar-refractivity contribution < 1.29 is 8.42 Å². The summed E-state index contributed by atoms with van der Waals surface area (Å²) in [6, 6.07) is 1.61. The van der Waals surface area contributed by atoms with E-state index in [0.29, 0.717) is 12.4 Å². The van der Waals surface area contributed by atoms with E-state index >= 15 is 0 Å². The minimum Gasteiger partial charge on any atom is -0.319 e. The number of nitrogens with zero attached hydrogens (tertiary/aromatic N) is 2. The van der Waals surface area contributed by atoms with Gasteiger partial charge in [-0.05, 0) is 7.05 Å². The summed E-state index contributed by atoms with van der Waals surface area (Å²) in [5.74, 6) is 0.392. The SMILES string of the molecule is CNCCS(=O)(=O)Nc1ccn(C)n1. The Balaban J connectivity index is 2.59. The summed E-state index contributed by atoms with van der Waals surface area (Å²) in [6.07, 6.45) is 1.68. The van der Waals surface area contributed by atoms with E-state index in [4.69, 9.17) is 0 Å². The lowest BCUT2D eigenvalue weighted by Crippen LogP contribution is -2.24. The van der Waals surface area contributed by atoms with Crippen LogP contribution in [0.15, 0.2) is 12.3 Å². The van der Waals surface area contributed by atoms with Crippen molar-refractivity contribution in [1.29, 1.82) is 0 Å². The molecule has 0 fully saturated rings. The molecule has 0 atom stereocenters. The van der Waals surface area contributed by atoms with E-state index in [9.17, 15) is 8.42 Å². The monoisotopic (exact) mass is 218 g/mol. The van der Waals surface area contributed by atoms with Gasteiger partial charge in [-0.2, -0.15) is 5.10 Å². The van der Waals surface area contributed by atoms with Crippen LogP contribution >= 0.6 is 0 Å². The molecule has 1 rings (SSSR count). The van der Waals surface area contributed by atoms with Gasteiger partial charge in [0.25, 0.3) is 0 Å². The summed E-state index contributed by atoms with van der Waals surface area (Å²) < 4.78 is 26.6. The number of anilines is 1. The first kappa shape index (κ1) is 11.0. The van der Waals surface area contributed by atoms with Gasteiger partial charge in [0.15, 0.2) is 5.82 Å². The Labute approximate surface area is 83.4 Å². The van der Waals surface area contributed by atoms with Crippen molar-refractivity contribution in [2.24, 2.45) is 7.05 Å². The van der Waals surface area contributed by atoms with Crippen molar-refractivity contribution in [3.63, 3.8) is 0 Å². The molecule has 0 saturated carbocycles. The molecule has 7 heteroatoms. The van der Waals surface area contributed by atoms with E-state index in [-0.39, 0.29) is 5.75 Å². The highest BCUT2D eigenvalue weighted by Gasteiger charge is 2.10. The van der Waals surface area contributed by atoms with Gasteiger partial charge in [0, 0.05) is 25.9 Å². The maximum Gasteiger partial charge on any atom is 0.235 e. The molecule has 1 aromatic heterocycles. The predicted octanol–water partition coefficient (Wildman–Crippen LogP) is -0.619. The molecule has 0 aromatic carbocycles. The zero-order chi connectivity index (χ0) is 10.6. The second kappa shape index (κ2) is 4.43. The van der Waals surface area contributed by atoms with Gasteiger partial charge in [0.05, 0.1) is 5.75 Å². The highest BCUT2D eigenvalue weighted by molar-refractivity contribution is 7.92. The minimum absolute atomic E-state index is 0.0417. The summed E-state index contributed by atoms with van der Waals surface area (Å²) >= 11 is 0. The zero-order valence-electron chi connectivity index (χ0n) is 8.19. The standard InChI is InChI=1S/C7H14N4O2S/c1-8-4-6-14(12,13)10-7-3-5-11(2)9-7/h3,5,8H,4,6H2,1-2H3,(H,9,10). The Kier molecular flexibility index (Phi) is 3.48. The minimum atomic E-state index is -3.27. The fourth-order valence-corrected chi connectivity index (χ4v) is 1.92. The van der Waals surface area contributed by atoms with E-state index in [0.717, 1.165) is 0 Å². The van der Waals surface area contributed by atoms with Crippen molar-refractivity contribution in [1.82, 2.24) is 15.1 Å². The number of hydrogen-bond acceptors (Lipinski definition) is 4. The van der Waals surface area contributed by atoms with Crippen LogP contribution in [0.3, 0.4) is 0 Å². The molecule has 0 aliphatic heterocycles. The zero-order valence-corrected chi connectivity index (χ0v) is 9.00. The van der Waals surface area contributed by atoms with Gasteiger partial charge in [0.2, 0.25) is 10.0 Å². The first-order valence-corrected chi connectivity index (χ1v) is 5.83. The molecule has 14 heavy (non-hydrogen) atoms. The maximum absolute atomic E-state index is 11.4. The van der Waals surface area contributed by atoms with Gasteiger partial charge in [-0.15, -0.1) is 0 Å². The topological polar surface area (TPSA) is 76.0 Å². The third-order valence-electron chi connectivity index (χ3n) is 1.59. The fraction of sp³-hybridized carbons (Fsp3) is 0.571. The smallest absolute Gasteiger partial charge is 0.235 e. The van der Waals surface area contributed by atoms with Crippen LogP contribution in [-0.4, -0.2) is 37.5 Å². The predicted molar refractivity (Wildman–Crippen MR) is 54.5 cm³/mol. The highest BCUT2D eigenvalue weighted by atomic mass is 32.2. The van der Waals surface area contributed by atoms with E-state index in [2.05, 4.69) is 15.1 Å². The lowest BCUT2D eigenvalue weighted by atomic mass is 10.7. The third kappa shape index (κ3) is 3.35. The van der Waals surface area contributed by atoms with Crippen molar-refractivity contribution in [2.45, 2.75) is 0 Å². The van der Waals surface area contributed by atoms with E-state index in [1.807, 2.05) is 0 Å². The molecule has 0 bridgehead atoms. The number of aryl methyl sites for hydroxylation is 1. The number of hydrogen-bond donors (Lipinski definition) is 2. The molecule has 6 nitrogen and oxygen atoms in total. The van der Waals surface area contributed by atoms with Gasteiger partial charge in [-0.1, -0.05) is 0 Å². The Bertz CT molecular complexity index is 384. The molecule has 2 N–H and O–H groups in total. The molecule has 0 unspecified atom stereocenters. The maximum atomic E-state index is 11.4. The first-order valence-electron chi connectivity index (χ1n) is 4.18. The molecule has 1 heterocycles. The Morgan fingerprint density at radius 2 is 2.29 bits per heavy atom. The van der Waals surface area contributed by atoms with Gasteiger partial charge in [-0.25, -0.2) is 8.42 Å². The molecule has 0 amide bonds. The van der Waals surface area contributed by atoms with E-state index in [1.165, 1.54) is 4.68 Å². The molecule has 0 saturated heterocycles. The Hall–Kier alpha value is -1.08. The molecule has 0 aliphatic rings. The number of nitrogens with one attached hydrogen (secondary N) is 2. The second-order valence-electron chi connectivity index (χ2n) is 2.90. The number of rotatable bonds is 5. The van der Waals surface area contributed by atoms with Crippen LogP contribution in [0.4, 0.5) is 5.82 Å². The average molecular weight is 218 g/mol. The quantitative estimate of drug-likeness (QED) is 0.690. The third-order valence-corrected chi connectivity index (χ3v) is 2.86. The highest BCUT2D eigenvalue weighted by Crippen LogP contribution is 2.03. The first-order chi connectivity index (χ1) is 6.53. The molecular formula is C7H14N4O2S. The van der Waals surface area contributed by atoms with Crippen molar-refractivity contribution in [3.8, 4) is 0 Å². The molecule has 80 valence electrons. The van der Waals surface area contributed by atoms with Crippen molar-refractivity contribution in [2.75, 3.05) is 24.1 Å². The Morgan fingerprint density at radius 3 is 2.79 bits per heavy atom. The summed E-state index contributed by atoms with van der Waals surface area (Å²) in [7, 11) is 0.160. The van der Waals surface area contributed by atoms with Gasteiger partial charge >= 0.3 is 0 Å². The van der Waals surface area contributed by atoms with Crippen molar-refractivity contribution >= 4 is 15.8 Å². The van der Waals surface area contributed by atoms with Crippen LogP contribution in [0.25, 0.3) is 0 Å². The largest absolute Gasteiger partial charge is 0.319 e.